The van der Waals surface area contributed by atoms with Gasteiger partial charge in [-0.3, -0.25) is 9.48 Å². The average Bonchev–Trinajstić information content (AvgIpc) is 3.24. The highest BCUT2D eigenvalue weighted by Gasteiger charge is 2.27. The summed E-state index contributed by atoms with van der Waals surface area (Å²) in [5.41, 5.74) is 0. The number of rotatable bonds is 6. The fourth-order valence-corrected chi connectivity index (χ4v) is 3.39. The molecule has 1 atom stereocenters. The molecule has 2 aromatic heterocycles. The molecular formula is C15H20N4O5S. The highest BCUT2D eigenvalue weighted by Crippen LogP contribution is 2.11. The van der Waals surface area contributed by atoms with Gasteiger partial charge in [-0.25, -0.2) is 8.42 Å². The minimum atomic E-state index is -3.26. The Hall–Kier alpha value is -2.17. The Morgan fingerprint density at radius 1 is 1.44 bits per heavy atom. The van der Waals surface area contributed by atoms with Crippen LogP contribution in [0.1, 0.15) is 16.3 Å². The molecule has 0 saturated carbocycles. The van der Waals surface area contributed by atoms with Crippen LogP contribution in [0.15, 0.2) is 35.0 Å². The predicted octanol–water partition coefficient (Wildman–Crippen LogP) is -0.0854. The van der Waals surface area contributed by atoms with Crippen molar-refractivity contribution in [3.05, 3.63) is 42.1 Å². The largest absolute Gasteiger partial charge is 0.454 e. The number of hydrogen-bond acceptors (Lipinski definition) is 6. The lowest BCUT2D eigenvalue weighted by atomic mass is 10.3. The van der Waals surface area contributed by atoms with Gasteiger partial charge in [0.15, 0.2) is 5.76 Å². The molecule has 9 nitrogen and oxygen atoms in total. The molecular weight excluding hydrogens is 348 g/mol. The molecule has 136 valence electrons. The number of aromatic nitrogens is 2. The second kappa shape index (κ2) is 7.38. The van der Waals surface area contributed by atoms with Crippen molar-refractivity contribution in [2.24, 2.45) is 0 Å². The molecule has 1 N–H and O–H groups in total. The van der Waals surface area contributed by atoms with E-state index in [2.05, 4.69) is 10.4 Å². The van der Waals surface area contributed by atoms with Crippen LogP contribution in [-0.4, -0.2) is 67.0 Å². The number of amides is 1. The van der Waals surface area contributed by atoms with Crippen LogP contribution in [0.4, 0.5) is 0 Å². The number of morpholine rings is 1. The van der Waals surface area contributed by atoms with Crippen molar-refractivity contribution in [2.75, 3.05) is 32.5 Å². The van der Waals surface area contributed by atoms with E-state index in [1.54, 1.807) is 35.3 Å². The third kappa shape index (κ3) is 4.68. The van der Waals surface area contributed by atoms with Gasteiger partial charge in [0.05, 0.1) is 25.5 Å². The Labute approximate surface area is 145 Å². The third-order valence-corrected chi connectivity index (χ3v) is 5.09. The number of furan rings is 1. The van der Waals surface area contributed by atoms with Gasteiger partial charge in [-0.15, -0.1) is 0 Å². The summed E-state index contributed by atoms with van der Waals surface area (Å²) < 4.78 is 37.2. The van der Waals surface area contributed by atoms with Crippen molar-refractivity contribution in [3.8, 4) is 0 Å². The molecule has 1 aliphatic rings. The molecule has 1 fully saturated rings. The van der Waals surface area contributed by atoms with E-state index in [0.29, 0.717) is 25.5 Å². The summed E-state index contributed by atoms with van der Waals surface area (Å²) in [5.74, 6) is 0.441. The number of ether oxygens (including phenoxy) is 1. The van der Waals surface area contributed by atoms with E-state index in [4.69, 9.17) is 9.15 Å². The summed E-state index contributed by atoms with van der Waals surface area (Å²) in [7, 11) is -3.26. The number of carbonyl (C=O) groups excluding carboxylic acids is 1. The Morgan fingerprint density at radius 2 is 2.28 bits per heavy atom. The zero-order chi connectivity index (χ0) is 17.9. The Kier molecular flexibility index (Phi) is 5.21. The first-order valence-corrected chi connectivity index (χ1v) is 9.68. The normalized spacial score (nSPS) is 19.0. The van der Waals surface area contributed by atoms with Crippen LogP contribution in [0.3, 0.4) is 0 Å². The fourth-order valence-electron chi connectivity index (χ4n) is 2.55. The summed E-state index contributed by atoms with van der Waals surface area (Å²) in [4.78, 5) is 12.2. The van der Waals surface area contributed by atoms with Crippen molar-refractivity contribution in [1.29, 1.82) is 0 Å². The highest BCUT2D eigenvalue weighted by atomic mass is 32.2. The van der Waals surface area contributed by atoms with E-state index in [1.165, 1.54) is 4.31 Å². The second-order valence-corrected chi connectivity index (χ2v) is 7.78. The maximum Gasteiger partial charge on any atom is 0.287 e. The molecule has 3 rings (SSSR count). The van der Waals surface area contributed by atoms with Crippen LogP contribution in [0.2, 0.25) is 0 Å². The van der Waals surface area contributed by atoms with Crippen LogP contribution >= 0.6 is 0 Å². The van der Waals surface area contributed by atoms with Crippen molar-refractivity contribution in [3.63, 3.8) is 0 Å². The molecule has 25 heavy (non-hydrogen) atoms. The minimum absolute atomic E-state index is 0.193. The quantitative estimate of drug-likeness (QED) is 0.764. The Balaban J connectivity index is 1.52. The Bertz CT molecular complexity index is 815. The number of nitrogens with one attached hydrogen (secondary N) is 1. The number of hydrogen-bond donors (Lipinski definition) is 1. The lowest BCUT2D eigenvalue weighted by Crippen LogP contribution is -2.49. The monoisotopic (exact) mass is 368 g/mol. The molecule has 0 spiro atoms. The van der Waals surface area contributed by atoms with Crippen LogP contribution < -0.4 is 5.32 Å². The van der Waals surface area contributed by atoms with E-state index in [1.807, 2.05) is 0 Å². The van der Waals surface area contributed by atoms with E-state index in [0.717, 1.165) is 6.26 Å². The van der Waals surface area contributed by atoms with E-state index < -0.39 is 10.0 Å². The number of sulfonamides is 1. The summed E-state index contributed by atoms with van der Waals surface area (Å²) in [6.07, 6.45) is 4.25. The lowest BCUT2D eigenvalue weighted by Gasteiger charge is -2.31. The van der Waals surface area contributed by atoms with Gasteiger partial charge in [0.1, 0.15) is 5.76 Å². The highest BCUT2D eigenvalue weighted by molar-refractivity contribution is 7.88. The van der Waals surface area contributed by atoms with Crippen LogP contribution in [0, 0.1) is 0 Å². The van der Waals surface area contributed by atoms with Gasteiger partial charge in [-0.05, 0) is 18.2 Å². The summed E-state index contributed by atoms with van der Waals surface area (Å²) in [5, 5.41) is 6.79. The molecule has 0 aliphatic carbocycles. The van der Waals surface area contributed by atoms with Gasteiger partial charge in [0.2, 0.25) is 10.0 Å². The van der Waals surface area contributed by atoms with Gasteiger partial charge < -0.3 is 14.5 Å². The van der Waals surface area contributed by atoms with Crippen LogP contribution in [0.25, 0.3) is 0 Å². The lowest BCUT2D eigenvalue weighted by molar-refractivity contribution is 0.000298. The molecule has 1 saturated heterocycles. The van der Waals surface area contributed by atoms with E-state index in [-0.39, 0.29) is 30.9 Å². The van der Waals surface area contributed by atoms with Gasteiger partial charge in [-0.2, -0.15) is 9.40 Å². The molecule has 3 heterocycles. The average molecular weight is 368 g/mol. The molecule has 0 aromatic carbocycles. The first-order valence-electron chi connectivity index (χ1n) is 7.83. The van der Waals surface area contributed by atoms with Gasteiger partial charge in [0.25, 0.3) is 5.91 Å². The van der Waals surface area contributed by atoms with Gasteiger partial charge >= 0.3 is 0 Å². The molecule has 0 unspecified atom stereocenters. The Morgan fingerprint density at radius 3 is 3.00 bits per heavy atom. The first-order chi connectivity index (χ1) is 11.9. The fraction of sp³-hybridized carbons (Fsp3) is 0.467. The summed E-state index contributed by atoms with van der Waals surface area (Å²) >= 11 is 0. The second-order valence-electron chi connectivity index (χ2n) is 5.79. The first kappa shape index (κ1) is 17.6. The van der Waals surface area contributed by atoms with E-state index in [9.17, 15) is 13.2 Å². The van der Waals surface area contributed by atoms with E-state index >= 15 is 0 Å². The standard InChI is InChI=1S/C15H20N4O5S/c1-25(21,22)19-7-8-23-13(11-19)9-16-15(20)14-4-3-12(24-14)10-18-6-2-5-17-18/h2-6,13H,7-11H2,1H3,(H,16,20)/t13-/m1/s1. The molecule has 10 heteroatoms. The molecule has 2 aromatic rings. The maximum absolute atomic E-state index is 12.2. The molecule has 0 bridgehead atoms. The van der Waals surface area contributed by atoms with Crippen molar-refractivity contribution in [1.82, 2.24) is 19.4 Å². The van der Waals surface area contributed by atoms with Crippen molar-refractivity contribution < 1.29 is 22.4 Å². The van der Waals surface area contributed by atoms with Crippen molar-refractivity contribution in [2.45, 2.75) is 12.6 Å². The zero-order valence-electron chi connectivity index (χ0n) is 13.8. The molecule has 1 amide bonds. The van der Waals surface area contributed by atoms with Crippen molar-refractivity contribution >= 4 is 15.9 Å². The van der Waals surface area contributed by atoms with Crippen LogP contribution in [-0.2, 0) is 21.3 Å². The maximum atomic E-state index is 12.2. The zero-order valence-corrected chi connectivity index (χ0v) is 14.6. The van der Waals surface area contributed by atoms with Gasteiger partial charge in [-0.1, -0.05) is 0 Å². The predicted molar refractivity (Wildman–Crippen MR) is 88.5 cm³/mol. The smallest absolute Gasteiger partial charge is 0.287 e. The molecule has 1 aliphatic heterocycles. The van der Waals surface area contributed by atoms with Gasteiger partial charge in [0, 0.05) is 32.0 Å². The minimum Gasteiger partial charge on any atom is -0.454 e. The number of nitrogens with zero attached hydrogens (tertiary/aromatic N) is 3. The third-order valence-electron chi connectivity index (χ3n) is 3.82. The SMILES string of the molecule is CS(=O)(=O)N1CCO[C@H](CNC(=O)c2ccc(Cn3cccn3)o2)C1. The topological polar surface area (TPSA) is 107 Å². The molecule has 0 radical (unpaired) electrons. The summed E-state index contributed by atoms with van der Waals surface area (Å²) in [6, 6.07) is 5.12. The van der Waals surface area contributed by atoms with Crippen LogP contribution in [0.5, 0.6) is 0 Å². The summed E-state index contributed by atoms with van der Waals surface area (Å²) in [6.45, 7) is 1.51. The number of carbonyl (C=O) groups is 1.